The van der Waals surface area contributed by atoms with E-state index in [1.54, 1.807) is 12.3 Å². The number of carbonyl (C=O) groups excluding carboxylic acids is 1. The van der Waals surface area contributed by atoms with Crippen LogP contribution in [-0.4, -0.2) is 29.0 Å². The number of nitrogens with zero attached hydrogens (tertiary/aromatic N) is 3. The van der Waals surface area contributed by atoms with E-state index in [4.69, 9.17) is 0 Å². The largest absolute Gasteiger partial charge is 0.372 e. The Kier molecular flexibility index (Phi) is 6.44. The number of anilines is 4. The highest BCUT2D eigenvalue weighted by Crippen LogP contribution is 2.20. The van der Waals surface area contributed by atoms with Crippen LogP contribution in [0.1, 0.15) is 35.5 Å². The molecular formula is C23H27N5O. The van der Waals surface area contributed by atoms with Gasteiger partial charge < -0.3 is 15.5 Å². The molecule has 0 saturated heterocycles. The second kappa shape index (κ2) is 9.19. The summed E-state index contributed by atoms with van der Waals surface area (Å²) >= 11 is 0. The van der Waals surface area contributed by atoms with Crippen LogP contribution in [0.4, 0.5) is 23.0 Å². The lowest BCUT2D eigenvalue weighted by Gasteiger charge is -2.21. The van der Waals surface area contributed by atoms with Gasteiger partial charge in [0.05, 0.1) is 0 Å². The molecule has 0 aliphatic heterocycles. The van der Waals surface area contributed by atoms with Crippen molar-refractivity contribution in [3.8, 4) is 0 Å². The van der Waals surface area contributed by atoms with Gasteiger partial charge in [-0.15, -0.1) is 0 Å². The average molecular weight is 390 g/mol. The Labute approximate surface area is 172 Å². The van der Waals surface area contributed by atoms with Crippen LogP contribution in [0.15, 0.2) is 54.7 Å². The minimum atomic E-state index is -0.263. The molecule has 0 atom stereocenters. The van der Waals surface area contributed by atoms with Gasteiger partial charge in [-0.05, 0) is 75.2 Å². The summed E-state index contributed by atoms with van der Waals surface area (Å²) in [5.74, 6) is 0.121. The highest BCUT2D eigenvalue weighted by molar-refractivity contribution is 6.03. The number of hydrogen-bond acceptors (Lipinski definition) is 5. The second-order valence-electron chi connectivity index (χ2n) is 6.88. The number of rotatable bonds is 7. The van der Waals surface area contributed by atoms with Crippen LogP contribution in [0.3, 0.4) is 0 Å². The van der Waals surface area contributed by atoms with Crippen LogP contribution in [0.5, 0.6) is 0 Å². The highest BCUT2D eigenvalue weighted by atomic mass is 16.1. The number of aromatic nitrogens is 2. The number of benzene rings is 2. The molecule has 6 nitrogen and oxygen atoms in total. The molecule has 1 amide bonds. The molecule has 3 aromatic rings. The Morgan fingerprint density at radius 2 is 1.72 bits per heavy atom. The van der Waals surface area contributed by atoms with Gasteiger partial charge in [-0.3, -0.25) is 4.79 Å². The molecule has 0 aliphatic carbocycles. The SMILES string of the molecule is CCN(CC)c1ccc(Nc2nccc(C(=O)Nc3cc(C)ccc3C)n2)cc1. The van der Waals surface area contributed by atoms with Crippen LogP contribution in [0.2, 0.25) is 0 Å². The third kappa shape index (κ3) is 5.10. The summed E-state index contributed by atoms with van der Waals surface area (Å²) in [7, 11) is 0. The minimum absolute atomic E-state index is 0.263. The van der Waals surface area contributed by atoms with Gasteiger partial charge in [-0.2, -0.15) is 0 Å². The maximum atomic E-state index is 12.6. The minimum Gasteiger partial charge on any atom is -0.372 e. The first kappa shape index (κ1) is 20.3. The molecule has 150 valence electrons. The first-order chi connectivity index (χ1) is 14.0. The monoisotopic (exact) mass is 389 g/mol. The normalized spacial score (nSPS) is 10.5. The van der Waals surface area contributed by atoms with Gasteiger partial charge in [0, 0.05) is 36.3 Å². The van der Waals surface area contributed by atoms with Crippen molar-refractivity contribution >= 4 is 28.9 Å². The molecule has 2 N–H and O–H groups in total. The molecule has 1 aromatic heterocycles. The molecule has 0 unspecified atom stereocenters. The first-order valence-corrected chi connectivity index (χ1v) is 9.83. The summed E-state index contributed by atoms with van der Waals surface area (Å²) in [6, 6.07) is 15.7. The van der Waals surface area contributed by atoms with Crippen molar-refractivity contribution in [1.29, 1.82) is 0 Å². The standard InChI is InChI=1S/C23H27N5O/c1-5-28(6-2)19-11-9-18(10-12-19)25-23-24-14-13-20(27-23)22(29)26-21-15-16(3)7-8-17(21)4/h7-15H,5-6H2,1-4H3,(H,26,29)(H,24,25,27). The predicted molar refractivity (Wildman–Crippen MR) is 119 cm³/mol. The molecule has 1 heterocycles. The maximum absolute atomic E-state index is 12.6. The van der Waals surface area contributed by atoms with Gasteiger partial charge in [0.25, 0.3) is 5.91 Å². The Bertz CT molecular complexity index is 981. The summed E-state index contributed by atoms with van der Waals surface area (Å²) in [4.78, 5) is 23.5. The molecule has 29 heavy (non-hydrogen) atoms. The number of aryl methyl sites for hydroxylation is 2. The van der Waals surface area contributed by atoms with E-state index in [1.807, 2.05) is 44.2 Å². The third-order valence-corrected chi connectivity index (χ3v) is 4.78. The highest BCUT2D eigenvalue weighted by Gasteiger charge is 2.11. The Balaban J connectivity index is 1.72. The fourth-order valence-electron chi connectivity index (χ4n) is 3.08. The van der Waals surface area contributed by atoms with Crippen molar-refractivity contribution in [3.05, 3.63) is 71.5 Å². The molecule has 0 saturated carbocycles. The first-order valence-electron chi connectivity index (χ1n) is 9.83. The number of hydrogen-bond donors (Lipinski definition) is 2. The van der Waals surface area contributed by atoms with E-state index in [0.717, 1.165) is 35.6 Å². The zero-order valence-corrected chi connectivity index (χ0v) is 17.4. The summed E-state index contributed by atoms with van der Waals surface area (Å²) in [6.45, 7) is 10.2. The summed E-state index contributed by atoms with van der Waals surface area (Å²) in [5, 5.41) is 6.09. The molecule has 6 heteroatoms. The number of amides is 1. The van der Waals surface area contributed by atoms with Crippen molar-refractivity contribution < 1.29 is 4.79 Å². The Hall–Kier alpha value is -3.41. The van der Waals surface area contributed by atoms with Crippen molar-refractivity contribution in [3.63, 3.8) is 0 Å². The molecule has 0 bridgehead atoms. The molecule has 2 aromatic carbocycles. The third-order valence-electron chi connectivity index (χ3n) is 4.78. The van der Waals surface area contributed by atoms with Gasteiger partial charge in [-0.1, -0.05) is 12.1 Å². The molecular weight excluding hydrogens is 362 g/mol. The molecule has 0 spiro atoms. The maximum Gasteiger partial charge on any atom is 0.274 e. The van der Waals surface area contributed by atoms with Crippen LogP contribution in [0.25, 0.3) is 0 Å². The van der Waals surface area contributed by atoms with Crippen molar-refractivity contribution in [1.82, 2.24) is 9.97 Å². The molecule has 0 fully saturated rings. The second-order valence-corrected chi connectivity index (χ2v) is 6.88. The predicted octanol–water partition coefficient (Wildman–Crippen LogP) is 4.94. The van der Waals surface area contributed by atoms with Gasteiger partial charge >= 0.3 is 0 Å². The zero-order chi connectivity index (χ0) is 20.8. The quantitative estimate of drug-likeness (QED) is 0.599. The average Bonchev–Trinajstić information content (AvgIpc) is 2.73. The topological polar surface area (TPSA) is 70.2 Å². The van der Waals surface area contributed by atoms with Crippen LogP contribution in [0, 0.1) is 13.8 Å². The Morgan fingerprint density at radius 3 is 2.41 bits per heavy atom. The van der Waals surface area contributed by atoms with E-state index in [1.165, 1.54) is 5.69 Å². The van der Waals surface area contributed by atoms with E-state index < -0.39 is 0 Å². The van der Waals surface area contributed by atoms with Crippen LogP contribution < -0.4 is 15.5 Å². The van der Waals surface area contributed by atoms with Crippen LogP contribution in [-0.2, 0) is 0 Å². The lowest BCUT2D eigenvalue weighted by Crippen LogP contribution is -2.21. The molecule has 0 aliphatic rings. The fraction of sp³-hybridized carbons (Fsp3) is 0.261. The smallest absolute Gasteiger partial charge is 0.274 e. The number of nitrogens with one attached hydrogen (secondary N) is 2. The lowest BCUT2D eigenvalue weighted by atomic mass is 10.1. The summed E-state index contributed by atoms with van der Waals surface area (Å²) in [6.07, 6.45) is 1.58. The molecule has 0 radical (unpaired) electrons. The van der Waals surface area contributed by atoms with Crippen LogP contribution >= 0.6 is 0 Å². The van der Waals surface area contributed by atoms with E-state index >= 15 is 0 Å². The van der Waals surface area contributed by atoms with E-state index in [9.17, 15) is 4.79 Å². The van der Waals surface area contributed by atoms with Crippen molar-refractivity contribution in [2.45, 2.75) is 27.7 Å². The summed E-state index contributed by atoms with van der Waals surface area (Å²) < 4.78 is 0. The van der Waals surface area contributed by atoms with Gasteiger partial charge in [-0.25, -0.2) is 9.97 Å². The Morgan fingerprint density at radius 1 is 1.00 bits per heavy atom. The van der Waals surface area contributed by atoms with Crippen molar-refractivity contribution in [2.75, 3.05) is 28.6 Å². The molecule has 3 rings (SSSR count). The van der Waals surface area contributed by atoms with E-state index in [-0.39, 0.29) is 5.91 Å². The van der Waals surface area contributed by atoms with Gasteiger partial charge in [0.15, 0.2) is 0 Å². The van der Waals surface area contributed by atoms with E-state index in [2.05, 4.69) is 51.5 Å². The summed E-state index contributed by atoms with van der Waals surface area (Å²) in [5.41, 5.74) is 5.23. The van der Waals surface area contributed by atoms with Gasteiger partial charge in [0.2, 0.25) is 5.95 Å². The number of carbonyl (C=O) groups is 1. The fourth-order valence-corrected chi connectivity index (χ4v) is 3.08. The lowest BCUT2D eigenvalue weighted by molar-refractivity contribution is 0.102. The van der Waals surface area contributed by atoms with Crippen molar-refractivity contribution in [2.24, 2.45) is 0 Å². The van der Waals surface area contributed by atoms with Gasteiger partial charge in [0.1, 0.15) is 5.69 Å². The van der Waals surface area contributed by atoms with E-state index in [0.29, 0.717) is 11.6 Å². The zero-order valence-electron chi connectivity index (χ0n) is 17.4.